The molecule has 2 aromatic carbocycles. The summed E-state index contributed by atoms with van der Waals surface area (Å²) in [5.41, 5.74) is 2.16. The van der Waals surface area contributed by atoms with Crippen molar-refractivity contribution in [3.05, 3.63) is 78.0 Å². The van der Waals surface area contributed by atoms with Crippen LogP contribution in [-0.2, 0) is 16.4 Å². The summed E-state index contributed by atoms with van der Waals surface area (Å²) in [5.74, 6) is 0. The van der Waals surface area contributed by atoms with E-state index in [4.69, 9.17) is 0 Å². The van der Waals surface area contributed by atoms with Gasteiger partial charge in [0.2, 0.25) is 0 Å². The van der Waals surface area contributed by atoms with E-state index < -0.39 is 10.0 Å². The molecule has 0 aliphatic rings. The normalized spacial score (nSPS) is 11.7. The van der Waals surface area contributed by atoms with E-state index in [-0.39, 0.29) is 0 Å². The number of benzene rings is 2. The highest BCUT2D eigenvalue weighted by molar-refractivity contribution is 7.89. The highest BCUT2D eigenvalue weighted by Crippen LogP contribution is 2.17. The van der Waals surface area contributed by atoms with Gasteiger partial charge in [-0.05, 0) is 38.0 Å². The lowest BCUT2D eigenvalue weighted by Gasteiger charge is -2.20. The van der Waals surface area contributed by atoms with Crippen LogP contribution in [-0.4, -0.2) is 19.3 Å². The summed E-state index contributed by atoms with van der Waals surface area (Å²) < 4.78 is 26.9. The number of hydrogen-bond donors (Lipinski definition) is 0. The van der Waals surface area contributed by atoms with Crippen LogP contribution in [0.5, 0.6) is 0 Å². The molecule has 0 bridgehead atoms. The van der Waals surface area contributed by atoms with Gasteiger partial charge in [-0.15, -0.1) is 0 Å². The van der Waals surface area contributed by atoms with E-state index in [1.165, 1.54) is 4.31 Å². The van der Waals surface area contributed by atoms with E-state index in [0.717, 1.165) is 11.1 Å². The third-order valence-electron chi connectivity index (χ3n) is 3.41. The molecule has 0 fully saturated rings. The Labute approximate surface area is 133 Å². The molecule has 0 spiro atoms. The van der Waals surface area contributed by atoms with Crippen molar-refractivity contribution < 1.29 is 8.42 Å². The zero-order valence-corrected chi connectivity index (χ0v) is 13.8. The molecular weight excluding hydrogens is 294 g/mol. The highest BCUT2D eigenvalue weighted by Gasteiger charge is 2.20. The van der Waals surface area contributed by atoms with Crippen LogP contribution in [0.4, 0.5) is 0 Å². The third-order valence-corrected chi connectivity index (χ3v) is 5.20. The first-order chi connectivity index (χ1) is 10.5. The van der Waals surface area contributed by atoms with Crippen molar-refractivity contribution in [3.8, 4) is 0 Å². The van der Waals surface area contributed by atoms with Crippen LogP contribution in [0.25, 0.3) is 0 Å². The number of nitrogens with zero attached hydrogens (tertiary/aromatic N) is 1. The molecule has 0 radical (unpaired) electrons. The Morgan fingerprint density at radius 3 is 2.23 bits per heavy atom. The van der Waals surface area contributed by atoms with Gasteiger partial charge in [-0.3, -0.25) is 4.31 Å². The van der Waals surface area contributed by atoms with Crippen LogP contribution < -0.4 is 0 Å². The second kappa shape index (κ2) is 7.27. The summed E-state index contributed by atoms with van der Waals surface area (Å²) in [6, 6.07) is 16.8. The fraction of sp³-hybridized carbons (Fsp3) is 0.222. The first kappa shape index (κ1) is 16.3. The monoisotopic (exact) mass is 315 g/mol. The van der Waals surface area contributed by atoms with Gasteiger partial charge in [0.15, 0.2) is 0 Å². The molecule has 2 rings (SSSR count). The maximum atomic E-state index is 12.7. The molecule has 0 heterocycles. The molecule has 0 atom stereocenters. The predicted molar refractivity (Wildman–Crippen MR) is 90.0 cm³/mol. The lowest BCUT2D eigenvalue weighted by molar-refractivity contribution is 0.499. The van der Waals surface area contributed by atoms with Crippen molar-refractivity contribution >= 4 is 10.0 Å². The van der Waals surface area contributed by atoms with Crippen LogP contribution in [0.1, 0.15) is 18.1 Å². The van der Waals surface area contributed by atoms with Gasteiger partial charge in [-0.2, -0.15) is 0 Å². The summed E-state index contributed by atoms with van der Waals surface area (Å²) >= 11 is 0. The summed E-state index contributed by atoms with van der Waals surface area (Å²) in [5, 5.41) is 0. The van der Waals surface area contributed by atoms with Crippen LogP contribution in [0.15, 0.2) is 71.8 Å². The van der Waals surface area contributed by atoms with Crippen molar-refractivity contribution in [2.45, 2.75) is 25.2 Å². The smallest absolute Gasteiger partial charge is 0.263 e. The summed E-state index contributed by atoms with van der Waals surface area (Å²) in [7, 11) is -3.50. The topological polar surface area (TPSA) is 37.4 Å². The number of sulfonamides is 1. The minimum absolute atomic E-state index is 0.323. The van der Waals surface area contributed by atoms with Gasteiger partial charge in [0, 0.05) is 12.7 Å². The summed E-state index contributed by atoms with van der Waals surface area (Å²) in [6.07, 6.45) is 4.05. The lowest BCUT2D eigenvalue weighted by atomic mass is 10.1. The summed E-state index contributed by atoms with van der Waals surface area (Å²) in [6.45, 7) is 4.18. The molecule has 2 aromatic rings. The molecule has 0 saturated heterocycles. The van der Waals surface area contributed by atoms with Gasteiger partial charge in [0.05, 0.1) is 4.90 Å². The molecule has 22 heavy (non-hydrogen) atoms. The molecule has 3 nitrogen and oxygen atoms in total. The minimum Gasteiger partial charge on any atom is -0.273 e. The molecule has 116 valence electrons. The Bertz CT molecular complexity index is 719. The molecular formula is C18H21NO2S. The standard InChI is InChI=1S/C18H21NO2S/c1-3-14-19(15-13-17-7-5-4-6-8-17)22(20,21)18-11-9-16(2)10-12-18/h3-12,14H,13,15H2,1-2H3/b14-3-. The number of allylic oxidation sites excluding steroid dienone is 1. The third kappa shape index (κ3) is 3.98. The fourth-order valence-corrected chi connectivity index (χ4v) is 3.54. The number of rotatable bonds is 6. The zero-order valence-electron chi connectivity index (χ0n) is 12.9. The van der Waals surface area contributed by atoms with Gasteiger partial charge < -0.3 is 0 Å². The first-order valence-corrected chi connectivity index (χ1v) is 8.73. The van der Waals surface area contributed by atoms with Gasteiger partial charge in [0.1, 0.15) is 0 Å². The van der Waals surface area contributed by atoms with Crippen molar-refractivity contribution in [2.24, 2.45) is 0 Å². The van der Waals surface area contributed by atoms with E-state index in [1.54, 1.807) is 24.4 Å². The maximum absolute atomic E-state index is 12.7. The van der Waals surface area contributed by atoms with Gasteiger partial charge in [-0.1, -0.05) is 54.1 Å². The van der Waals surface area contributed by atoms with Crippen LogP contribution in [0.3, 0.4) is 0 Å². The van der Waals surface area contributed by atoms with Gasteiger partial charge in [0.25, 0.3) is 10.0 Å². The Balaban J connectivity index is 2.21. The number of hydrogen-bond acceptors (Lipinski definition) is 2. The fourth-order valence-electron chi connectivity index (χ4n) is 2.17. The van der Waals surface area contributed by atoms with Gasteiger partial charge >= 0.3 is 0 Å². The molecule has 0 aromatic heterocycles. The Morgan fingerprint density at radius 1 is 1.00 bits per heavy atom. The minimum atomic E-state index is -3.50. The van der Waals surface area contributed by atoms with Crippen LogP contribution in [0, 0.1) is 6.92 Å². The maximum Gasteiger partial charge on any atom is 0.263 e. The van der Waals surface area contributed by atoms with Crippen molar-refractivity contribution in [3.63, 3.8) is 0 Å². The second-order valence-corrected chi connectivity index (χ2v) is 7.04. The SMILES string of the molecule is C/C=C\N(CCc1ccccc1)S(=O)(=O)c1ccc(C)cc1. The lowest BCUT2D eigenvalue weighted by Crippen LogP contribution is -2.28. The number of aryl methyl sites for hydroxylation is 1. The molecule has 4 heteroatoms. The molecule has 0 saturated carbocycles. The van der Waals surface area contributed by atoms with Crippen LogP contribution >= 0.6 is 0 Å². The second-order valence-electron chi connectivity index (χ2n) is 5.15. The van der Waals surface area contributed by atoms with E-state index in [2.05, 4.69) is 0 Å². The quantitative estimate of drug-likeness (QED) is 0.814. The van der Waals surface area contributed by atoms with Crippen LogP contribution in [0.2, 0.25) is 0 Å². The van der Waals surface area contributed by atoms with E-state index in [1.807, 2.05) is 56.3 Å². The summed E-state index contributed by atoms with van der Waals surface area (Å²) in [4.78, 5) is 0.323. The average Bonchev–Trinajstić information content (AvgIpc) is 2.52. The van der Waals surface area contributed by atoms with E-state index >= 15 is 0 Å². The molecule has 0 amide bonds. The van der Waals surface area contributed by atoms with E-state index in [9.17, 15) is 8.42 Å². The first-order valence-electron chi connectivity index (χ1n) is 7.29. The predicted octanol–water partition coefficient (Wildman–Crippen LogP) is 3.76. The highest BCUT2D eigenvalue weighted by atomic mass is 32.2. The van der Waals surface area contributed by atoms with Crippen molar-refractivity contribution in [1.82, 2.24) is 4.31 Å². The van der Waals surface area contributed by atoms with Crippen molar-refractivity contribution in [1.29, 1.82) is 0 Å². The Hall–Kier alpha value is -2.07. The Kier molecular flexibility index (Phi) is 5.39. The zero-order chi connectivity index (χ0) is 16.0. The largest absolute Gasteiger partial charge is 0.273 e. The molecule has 0 aliphatic heterocycles. The van der Waals surface area contributed by atoms with Gasteiger partial charge in [-0.25, -0.2) is 8.42 Å². The molecule has 0 N–H and O–H groups in total. The molecule has 0 aliphatic carbocycles. The molecule has 0 unspecified atom stereocenters. The van der Waals surface area contributed by atoms with Crippen molar-refractivity contribution in [2.75, 3.05) is 6.54 Å². The Morgan fingerprint density at radius 2 is 1.64 bits per heavy atom. The average molecular weight is 315 g/mol. The van der Waals surface area contributed by atoms with E-state index in [0.29, 0.717) is 17.9 Å².